The van der Waals surface area contributed by atoms with Gasteiger partial charge in [-0.05, 0) is 63.9 Å². The van der Waals surface area contributed by atoms with Crippen LogP contribution in [0.1, 0.15) is 81.1 Å². The standard InChI is InChI=1S/C28H43NO2/c1-20(2)25(19-24(6)30)27(31)29-18-16-22(4)12-9-11-21(3)14-15-26-23(5)13-10-17-28(26,7)8/h9,11-12,14-16,20,25H,10,13,17-19H2,1-8H3,(H,29,31)/b12-9+,15-14+,21-11+,22-16+/t25-/m0/s1. The Balaban J connectivity index is 2.62. The van der Waals surface area contributed by atoms with E-state index in [1.54, 1.807) is 0 Å². The highest BCUT2D eigenvalue weighted by Crippen LogP contribution is 2.40. The molecular formula is C28H43NO2. The number of allylic oxidation sites excluding steroid dienone is 9. The van der Waals surface area contributed by atoms with Gasteiger partial charge in [0, 0.05) is 18.9 Å². The Morgan fingerprint density at radius 2 is 1.77 bits per heavy atom. The molecule has 1 N–H and O–H groups in total. The van der Waals surface area contributed by atoms with Gasteiger partial charge in [-0.15, -0.1) is 0 Å². The molecule has 0 aliphatic heterocycles. The summed E-state index contributed by atoms with van der Waals surface area (Å²) in [6.45, 7) is 17.0. The molecule has 1 atom stereocenters. The fourth-order valence-electron chi connectivity index (χ4n) is 4.08. The summed E-state index contributed by atoms with van der Waals surface area (Å²) >= 11 is 0. The Morgan fingerprint density at radius 3 is 2.35 bits per heavy atom. The fourth-order valence-corrected chi connectivity index (χ4v) is 4.08. The van der Waals surface area contributed by atoms with Gasteiger partial charge < -0.3 is 10.1 Å². The zero-order valence-corrected chi connectivity index (χ0v) is 21.0. The van der Waals surface area contributed by atoms with Gasteiger partial charge in [0.1, 0.15) is 5.78 Å². The molecule has 0 heterocycles. The van der Waals surface area contributed by atoms with Crippen molar-refractivity contribution in [3.8, 4) is 0 Å². The Morgan fingerprint density at radius 1 is 1.10 bits per heavy atom. The third-order valence-electron chi connectivity index (χ3n) is 6.12. The Hall–Kier alpha value is -2.16. The number of amides is 1. The van der Waals surface area contributed by atoms with Gasteiger partial charge in [-0.3, -0.25) is 4.79 Å². The molecule has 0 aromatic carbocycles. The summed E-state index contributed by atoms with van der Waals surface area (Å²) in [5.41, 5.74) is 5.56. The van der Waals surface area contributed by atoms with E-state index in [0.717, 1.165) is 5.57 Å². The number of nitrogens with one attached hydrogen (secondary N) is 1. The smallest absolute Gasteiger partial charge is 0.224 e. The van der Waals surface area contributed by atoms with Crippen LogP contribution in [0.4, 0.5) is 0 Å². The molecule has 1 rings (SSSR count). The molecule has 3 heteroatoms. The number of carbonyl (C=O) groups is 2. The second-order valence-electron chi connectivity index (χ2n) is 9.98. The number of hydrogen-bond donors (Lipinski definition) is 1. The summed E-state index contributed by atoms with van der Waals surface area (Å²) < 4.78 is 0. The molecule has 1 aliphatic carbocycles. The van der Waals surface area contributed by atoms with Crippen molar-refractivity contribution in [3.63, 3.8) is 0 Å². The van der Waals surface area contributed by atoms with Crippen molar-refractivity contribution in [2.45, 2.75) is 81.1 Å². The molecule has 0 saturated carbocycles. The number of ketones is 1. The molecule has 0 bridgehead atoms. The first-order chi connectivity index (χ1) is 14.4. The maximum atomic E-state index is 12.3. The molecule has 3 nitrogen and oxygen atoms in total. The van der Waals surface area contributed by atoms with Crippen molar-refractivity contribution >= 4 is 11.7 Å². The van der Waals surface area contributed by atoms with Crippen LogP contribution < -0.4 is 5.32 Å². The molecule has 0 aromatic rings. The quantitative estimate of drug-likeness (QED) is 0.388. The first-order valence-electron chi connectivity index (χ1n) is 11.6. The van der Waals surface area contributed by atoms with Gasteiger partial charge in [0.25, 0.3) is 0 Å². The van der Waals surface area contributed by atoms with Crippen LogP contribution >= 0.6 is 0 Å². The number of hydrogen-bond acceptors (Lipinski definition) is 2. The van der Waals surface area contributed by atoms with E-state index in [1.165, 1.54) is 42.9 Å². The maximum Gasteiger partial charge on any atom is 0.224 e. The normalized spacial score (nSPS) is 18.9. The van der Waals surface area contributed by atoms with E-state index < -0.39 is 0 Å². The van der Waals surface area contributed by atoms with Gasteiger partial charge in [0.15, 0.2) is 0 Å². The average molecular weight is 426 g/mol. The molecule has 172 valence electrons. The zero-order valence-electron chi connectivity index (χ0n) is 21.0. The summed E-state index contributed by atoms with van der Waals surface area (Å²) in [6, 6.07) is 0. The highest BCUT2D eigenvalue weighted by atomic mass is 16.2. The Labute approximate surface area is 190 Å². The highest BCUT2D eigenvalue weighted by molar-refractivity contribution is 5.85. The zero-order chi connectivity index (χ0) is 23.6. The molecule has 0 fully saturated rings. The topological polar surface area (TPSA) is 46.2 Å². The first kappa shape index (κ1) is 26.9. The highest BCUT2D eigenvalue weighted by Gasteiger charge is 2.26. The van der Waals surface area contributed by atoms with Crippen LogP contribution in [0, 0.1) is 17.3 Å². The third-order valence-corrected chi connectivity index (χ3v) is 6.12. The summed E-state index contributed by atoms with van der Waals surface area (Å²) in [5, 5.41) is 2.93. The minimum atomic E-state index is -0.257. The van der Waals surface area contributed by atoms with Crippen LogP contribution in [-0.4, -0.2) is 18.2 Å². The monoisotopic (exact) mass is 425 g/mol. The number of rotatable bonds is 10. The number of Topliss-reactive ketones (excluding diaryl/α,β-unsaturated/α-hetero) is 1. The van der Waals surface area contributed by atoms with Gasteiger partial charge in [-0.1, -0.05) is 80.9 Å². The number of carbonyl (C=O) groups excluding carboxylic acids is 2. The summed E-state index contributed by atoms with van der Waals surface area (Å²) in [4.78, 5) is 23.7. The van der Waals surface area contributed by atoms with Crippen molar-refractivity contribution < 1.29 is 9.59 Å². The predicted octanol–water partition coefficient (Wildman–Crippen LogP) is 6.89. The van der Waals surface area contributed by atoms with Gasteiger partial charge in [-0.25, -0.2) is 0 Å². The second-order valence-corrected chi connectivity index (χ2v) is 9.98. The minimum absolute atomic E-state index is 0.0469. The molecule has 0 unspecified atom stereocenters. The Bertz CT molecular complexity index is 788. The van der Waals surface area contributed by atoms with E-state index in [1.807, 2.05) is 39.0 Å². The molecule has 0 saturated heterocycles. The van der Waals surface area contributed by atoms with E-state index in [2.05, 4.69) is 51.2 Å². The summed E-state index contributed by atoms with van der Waals surface area (Å²) in [6.07, 6.45) is 16.7. The lowest BCUT2D eigenvalue weighted by Crippen LogP contribution is -2.34. The van der Waals surface area contributed by atoms with Crippen LogP contribution in [0.3, 0.4) is 0 Å². The van der Waals surface area contributed by atoms with Crippen LogP contribution in [0.25, 0.3) is 0 Å². The van der Waals surface area contributed by atoms with Crippen LogP contribution in [0.5, 0.6) is 0 Å². The van der Waals surface area contributed by atoms with Crippen LogP contribution in [-0.2, 0) is 9.59 Å². The average Bonchev–Trinajstić information content (AvgIpc) is 2.64. The van der Waals surface area contributed by atoms with Crippen LogP contribution in [0.15, 0.2) is 58.7 Å². The molecule has 1 aliphatic rings. The molecule has 1 amide bonds. The second kappa shape index (κ2) is 12.6. The summed E-state index contributed by atoms with van der Waals surface area (Å²) in [5.74, 6) is -0.103. The van der Waals surface area contributed by atoms with Crippen LogP contribution in [0.2, 0.25) is 0 Å². The lowest BCUT2D eigenvalue weighted by Gasteiger charge is -2.32. The van der Waals surface area contributed by atoms with E-state index in [-0.39, 0.29) is 28.9 Å². The van der Waals surface area contributed by atoms with Crippen molar-refractivity contribution in [1.29, 1.82) is 0 Å². The molecule has 31 heavy (non-hydrogen) atoms. The van der Waals surface area contributed by atoms with E-state index in [9.17, 15) is 9.59 Å². The lowest BCUT2D eigenvalue weighted by molar-refractivity contribution is -0.130. The van der Waals surface area contributed by atoms with Crippen molar-refractivity contribution in [2.75, 3.05) is 6.54 Å². The molecular weight excluding hydrogens is 382 g/mol. The maximum absolute atomic E-state index is 12.3. The van der Waals surface area contributed by atoms with E-state index in [0.29, 0.717) is 13.0 Å². The first-order valence-corrected chi connectivity index (χ1v) is 11.6. The Kier molecular flexibility index (Phi) is 11.0. The van der Waals surface area contributed by atoms with E-state index in [4.69, 9.17) is 0 Å². The van der Waals surface area contributed by atoms with Gasteiger partial charge in [0.2, 0.25) is 5.91 Å². The SMILES string of the molecule is CC(=O)C[C@H](C(=O)NC/C=C(C)/C=C/C=C(C)/C=C/C1=C(C)CCCC1(C)C)C(C)C. The van der Waals surface area contributed by atoms with Gasteiger partial charge in [-0.2, -0.15) is 0 Å². The van der Waals surface area contributed by atoms with Crippen molar-refractivity contribution in [2.24, 2.45) is 17.3 Å². The third kappa shape index (κ3) is 9.67. The fraction of sp³-hybridized carbons (Fsp3) is 0.571. The summed E-state index contributed by atoms with van der Waals surface area (Å²) in [7, 11) is 0. The largest absolute Gasteiger partial charge is 0.352 e. The van der Waals surface area contributed by atoms with Crippen molar-refractivity contribution in [1.82, 2.24) is 5.32 Å². The van der Waals surface area contributed by atoms with Gasteiger partial charge >= 0.3 is 0 Å². The predicted molar refractivity (Wildman–Crippen MR) is 133 cm³/mol. The molecule has 0 aromatic heterocycles. The molecule has 0 spiro atoms. The van der Waals surface area contributed by atoms with E-state index >= 15 is 0 Å². The molecule has 0 radical (unpaired) electrons. The van der Waals surface area contributed by atoms with Gasteiger partial charge in [0.05, 0.1) is 0 Å². The lowest BCUT2D eigenvalue weighted by atomic mass is 9.72. The minimum Gasteiger partial charge on any atom is -0.352 e. The van der Waals surface area contributed by atoms with Crippen molar-refractivity contribution in [3.05, 3.63) is 58.7 Å².